The zero-order valence-electron chi connectivity index (χ0n) is 19.7. The quantitative estimate of drug-likeness (QED) is 0.203. The topological polar surface area (TPSA) is 80.4 Å². The minimum Gasteiger partial charge on any atom is -1.00 e. The first-order valence-corrected chi connectivity index (χ1v) is 12.7. The van der Waals surface area contributed by atoms with Gasteiger partial charge in [-0.15, -0.1) is 0 Å². The third-order valence-electron chi connectivity index (χ3n) is 4.52. The summed E-state index contributed by atoms with van der Waals surface area (Å²) in [5.74, 6) is -0.132. The number of rotatable bonds is 18. The van der Waals surface area contributed by atoms with Crippen molar-refractivity contribution < 1.29 is 44.0 Å². The molecule has 0 radical (unpaired) electrons. The van der Waals surface area contributed by atoms with Gasteiger partial charge in [-0.1, -0.05) is 110 Å². The molecule has 0 fully saturated rings. The first kappa shape index (κ1) is 32.5. The molecule has 0 rings (SSSR count). The van der Waals surface area contributed by atoms with Gasteiger partial charge >= 0.3 is 29.6 Å². The molecule has 0 aliphatic carbocycles. The Balaban J connectivity index is -0.000000274. The molecule has 0 heterocycles. The molecular weight excluding hydrogens is 369 g/mol. The first-order valence-electron chi connectivity index (χ1n) is 11.1. The summed E-state index contributed by atoms with van der Waals surface area (Å²) in [4.78, 5) is 0. The van der Waals surface area contributed by atoms with Gasteiger partial charge in [-0.2, -0.15) is 8.42 Å². The van der Waals surface area contributed by atoms with Gasteiger partial charge in [0.05, 0.1) is 5.75 Å². The van der Waals surface area contributed by atoms with E-state index < -0.39 is 10.1 Å². The van der Waals surface area contributed by atoms with Crippen LogP contribution in [-0.2, 0) is 10.1 Å². The van der Waals surface area contributed by atoms with E-state index in [9.17, 15) is 8.42 Å². The van der Waals surface area contributed by atoms with E-state index in [1.807, 2.05) is 0 Å². The van der Waals surface area contributed by atoms with Crippen molar-refractivity contribution in [2.24, 2.45) is 5.73 Å². The molecule has 4 nitrogen and oxygen atoms in total. The molecule has 0 aliphatic rings. The van der Waals surface area contributed by atoms with Crippen LogP contribution in [0.3, 0.4) is 0 Å². The third kappa shape index (κ3) is 38.2. The van der Waals surface area contributed by atoms with Gasteiger partial charge in [-0.25, -0.2) is 0 Å². The minimum atomic E-state index is -3.67. The first-order chi connectivity index (χ1) is 12.5. The van der Waals surface area contributed by atoms with Crippen LogP contribution < -0.4 is 35.3 Å². The van der Waals surface area contributed by atoms with E-state index in [0.29, 0.717) is 6.42 Å². The summed E-state index contributed by atoms with van der Waals surface area (Å²) in [6.45, 7) is 4.85. The van der Waals surface area contributed by atoms with Crippen LogP contribution >= 0.6 is 0 Å². The minimum absolute atomic E-state index is 0. The fourth-order valence-corrected chi connectivity index (χ4v) is 3.47. The Morgan fingerprint density at radius 2 is 0.926 bits per heavy atom. The zero-order chi connectivity index (χ0) is 19.9. The average Bonchev–Trinajstić information content (AvgIpc) is 2.58. The van der Waals surface area contributed by atoms with Gasteiger partial charge in [0.25, 0.3) is 10.1 Å². The number of unbranched alkanes of at least 4 members (excludes halogenated alkanes) is 15. The van der Waals surface area contributed by atoms with Gasteiger partial charge < -0.3 is 7.16 Å². The van der Waals surface area contributed by atoms with E-state index in [1.54, 1.807) is 6.92 Å². The third-order valence-corrected chi connectivity index (χ3v) is 5.44. The van der Waals surface area contributed by atoms with Crippen LogP contribution in [0.15, 0.2) is 0 Å². The second-order valence-electron chi connectivity index (χ2n) is 7.38. The number of hydrogen-bond acceptors (Lipinski definition) is 3. The van der Waals surface area contributed by atoms with Crippen molar-refractivity contribution >= 4 is 10.1 Å². The molecule has 0 spiro atoms. The van der Waals surface area contributed by atoms with Crippen LogP contribution in [0.25, 0.3) is 0 Å². The molecule has 3 N–H and O–H groups in total. The maximum Gasteiger partial charge on any atom is 1.00 e. The molecule has 0 aromatic carbocycles. The molecule has 0 aromatic rings. The van der Waals surface area contributed by atoms with Gasteiger partial charge in [0.15, 0.2) is 0 Å². The Morgan fingerprint density at radius 1 is 0.630 bits per heavy atom. The summed E-state index contributed by atoms with van der Waals surface area (Å²) in [7, 11) is -3.67. The van der Waals surface area contributed by atoms with Crippen LogP contribution in [0.4, 0.5) is 0 Å². The average molecular weight is 418 g/mol. The van der Waals surface area contributed by atoms with E-state index >= 15 is 0 Å². The summed E-state index contributed by atoms with van der Waals surface area (Å²) in [5.41, 5.74) is 5.48. The Morgan fingerprint density at radius 3 is 1.11 bits per heavy atom. The molecule has 6 heteroatoms. The van der Waals surface area contributed by atoms with E-state index in [0.717, 1.165) is 6.54 Å². The van der Waals surface area contributed by atoms with Crippen molar-refractivity contribution in [3.05, 3.63) is 0 Å². The maximum absolute atomic E-state index is 9.79. The van der Waals surface area contributed by atoms with E-state index in [2.05, 4.69) is 6.92 Å². The fourth-order valence-electron chi connectivity index (χ4n) is 2.95. The second kappa shape index (κ2) is 26.9. The van der Waals surface area contributed by atoms with E-state index in [1.165, 1.54) is 103 Å². The van der Waals surface area contributed by atoms with Gasteiger partial charge in [0, 0.05) is 0 Å². The summed E-state index contributed by atoms with van der Waals surface area (Å²) in [6, 6.07) is 0. The smallest absolute Gasteiger partial charge is 1.00 e. The van der Waals surface area contributed by atoms with Crippen molar-refractivity contribution in [2.45, 2.75) is 123 Å². The molecule has 0 amide bonds. The van der Waals surface area contributed by atoms with Crippen molar-refractivity contribution in [1.82, 2.24) is 0 Å². The van der Waals surface area contributed by atoms with Crippen LogP contribution in [0.2, 0.25) is 0 Å². The molecule has 0 saturated heterocycles. The number of nitrogens with two attached hydrogens (primary N) is 1. The van der Waals surface area contributed by atoms with Crippen molar-refractivity contribution in [1.29, 1.82) is 0 Å². The molecule has 0 unspecified atom stereocenters. The van der Waals surface area contributed by atoms with Crippen LogP contribution in [-0.4, -0.2) is 25.3 Å². The summed E-state index contributed by atoms with van der Waals surface area (Å²) in [6.07, 6.45) is 23.3. The molecular formula is C21H48NNaO3S. The van der Waals surface area contributed by atoms with Crippen LogP contribution in [0.5, 0.6) is 0 Å². The van der Waals surface area contributed by atoms with Crippen molar-refractivity contribution in [2.75, 3.05) is 12.3 Å². The molecule has 0 atom stereocenters. The maximum atomic E-state index is 9.79. The molecule has 0 aliphatic heterocycles. The van der Waals surface area contributed by atoms with Gasteiger partial charge in [-0.3, -0.25) is 4.55 Å². The van der Waals surface area contributed by atoms with Gasteiger partial charge in [0.2, 0.25) is 0 Å². The fraction of sp³-hybridized carbons (Fsp3) is 1.00. The monoisotopic (exact) mass is 417 g/mol. The molecule has 0 saturated carbocycles. The molecule has 162 valence electrons. The van der Waals surface area contributed by atoms with Crippen molar-refractivity contribution in [3.63, 3.8) is 0 Å². The number of hydrogen-bond donors (Lipinski definition) is 2. The molecule has 0 aromatic heterocycles. The predicted molar refractivity (Wildman–Crippen MR) is 116 cm³/mol. The normalized spacial score (nSPS) is 10.8. The van der Waals surface area contributed by atoms with E-state index in [-0.39, 0.29) is 36.7 Å². The SMILES string of the molecule is CCCCCCCCCCCCCCCCCCN.CCCS(=O)(=O)O.[H-].[Na+]. The van der Waals surface area contributed by atoms with Crippen LogP contribution in [0.1, 0.15) is 124 Å². The van der Waals surface area contributed by atoms with Crippen molar-refractivity contribution in [3.8, 4) is 0 Å². The Kier molecular flexibility index (Phi) is 32.4. The van der Waals surface area contributed by atoms with Gasteiger partial charge in [0.1, 0.15) is 0 Å². The predicted octanol–water partition coefficient (Wildman–Crippen LogP) is 3.61. The Hall–Kier alpha value is 0.870. The largest absolute Gasteiger partial charge is 1.00 e. The Bertz CT molecular complexity index is 342. The molecule has 0 bridgehead atoms. The second-order valence-corrected chi connectivity index (χ2v) is 8.95. The summed E-state index contributed by atoms with van der Waals surface area (Å²) < 4.78 is 27.6. The summed E-state index contributed by atoms with van der Waals surface area (Å²) in [5, 5.41) is 0. The Labute approximate surface area is 194 Å². The van der Waals surface area contributed by atoms with Gasteiger partial charge in [-0.05, 0) is 19.4 Å². The standard InChI is InChI=1S/C18H39N.C3H8O3S.Na.H/c1-2-3-4-5-6-7-8-9-10-11-12-13-14-15-16-17-18-19;1-2-3-7(4,5)6;;/h2-19H2,1H3;2-3H2,1H3,(H,4,5,6);;/q;;+1;-1. The molecule has 27 heavy (non-hydrogen) atoms. The van der Waals surface area contributed by atoms with E-state index in [4.69, 9.17) is 10.3 Å². The summed E-state index contributed by atoms with van der Waals surface area (Å²) >= 11 is 0. The van der Waals surface area contributed by atoms with Crippen LogP contribution in [0, 0.1) is 0 Å². The zero-order valence-corrected chi connectivity index (χ0v) is 21.5.